The molecule has 0 radical (unpaired) electrons. The van der Waals surface area contributed by atoms with Crippen molar-refractivity contribution in [2.75, 3.05) is 0 Å². The minimum absolute atomic E-state index is 0.0339. The minimum atomic E-state index is -4.42. The molecule has 0 saturated carbocycles. The maximum Gasteiger partial charge on any atom is 0.416 e. The summed E-state index contributed by atoms with van der Waals surface area (Å²) in [5, 5.41) is 6.44. The summed E-state index contributed by atoms with van der Waals surface area (Å²) in [7, 11) is 0. The molecule has 0 saturated heterocycles. The number of para-hydroxylation sites is 1. The molecule has 1 atom stereocenters. The Kier molecular flexibility index (Phi) is 6.39. The number of halogens is 3. The normalized spacial score (nSPS) is 12.6. The van der Waals surface area contributed by atoms with Crippen molar-refractivity contribution in [1.82, 2.24) is 15.5 Å². The lowest BCUT2D eigenvalue weighted by atomic mass is 10.1. The minimum Gasteiger partial charge on any atom is -0.480 e. The molecule has 0 aliphatic rings. The molecule has 6 nitrogen and oxygen atoms in total. The smallest absolute Gasteiger partial charge is 0.416 e. The van der Waals surface area contributed by atoms with E-state index in [1.165, 1.54) is 12.1 Å². The Morgan fingerprint density at radius 2 is 1.77 bits per heavy atom. The molecule has 1 aromatic heterocycles. The van der Waals surface area contributed by atoms with Gasteiger partial charge in [-0.3, -0.25) is 4.79 Å². The van der Waals surface area contributed by atoms with Gasteiger partial charge in [0.25, 0.3) is 5.91 Å². The summed E-state index contributed by atoms with van der Waals surface area (Å²) in [6.07, 6.45) is -5.13. The van der Waals surface area contributed by atoms with Gasteiger partial charge in [-0.05, 0) is 30.2 Å². The van der Waals surface area contributed by atoms with Gasteiger partial charge in [-0.1, -0.05) is 49.3 Å². The van der Waals surface area contributed by atoms with E-state index in [2.05, 4.69) is 15.5 Å². The van der Waals surface area contributed by atoms with Crippen LogP contribution in [0.25, 0.3) is 11.4 Å². The molecule has 1 amide bonds. The highest BCUT2D eigenvalue weighted by atomic mass is 19.4. The Morgan fingerprint density at radius 1 is 1.10 bits per heavy atom. The number of carbonyl (C=O) groups excluding carboxylic acids is 1. The van der Waals surface area contributed by atoms with Crippen molar-refractivity contribution >= 4 is 5.91 Å². The zero-order valence-electron chi connectivity index (χ0n) is 16.3. The van der Waals surface area contributed by atoms with Gasteiger partial charge in [0.1, 0.15) is 5.75 Å². The van der Waals surface area contributed by atoms with Crippen molar-refractivity contribution in [3.63, 3.8) is 0 Å². The zero-order valence-corrected chi connectivity index (χ0v) is 16.3. The number of nitrogens with zero attached hydrogens (tertiary/aromatic N) is 2. The van der Waals surface area contributed by atoms with Crippen molar-refractivity contribution in [3.8, 4) is 17.1 Å². The Balaban J connectivity index is 1.62. The highest BCUT2D eigenvalue weighted by Gasteiger charge is 2.30. The second kappa shape index (κ2) is 8.98. The van der Waals surface area contributed by atoms with Crippen LogP contribution < -0.4 is 10.1 Å². The van der Waals surface area contributed by atoms with E-state index in [4.69, 9.17) is 9.26 Å². The van der Waals surface area contributed by atoms with E-state index in [0.29, 0.717) is 11.3 Å². The van der Waals surface area contributed by atoms with Gasteiger partial charge < -0.3 is 14.6 Å². The van der Waals surface area contributed by atoms with Crippen LogP contribution >= 0.6 is 0 Å². The number of rotatable bonds is 7. The molecule has 30 heavy (non-hydrogen) atoms. The van der Waals surface area contributed by atoms with E-state index in [1.54, 1.807) is 12.1 Å². The number of amides is 1. The fourth-order valence-corrected chi connectivity index (χ4v) is 2.65. The Labute approximate surface area is 171 Å². The molecule has 2 aromatic carbocycles. The number of hydrogen-bond acceptors (Lipinski definition) is 5. The highest BCUT2D eigenvalue weighted by Crippen LogP contribution is 2.30. The van der Waals surface area contributed by atoms with Gasteiger partial charge in [-0.2, -0.15) is 18.2 Å². The van der Waals surface area contributed by atoms with E-state index in [9.17, 15) is 18.0 Å². The van der Waals surface area contributed by atoms with Crippen LogP contribution in [0.4, 0.5) is 13.2 Å². The second-order valence-corrected chi connectivity index (χ2v) is 6.90. The molecule has 3 aromatic rings. The van der Waals surface area contributed by atoms with Crippen LogP contribution in [0, 0.1) is 5.92 Å². The third kappa shape index (κ3) is 5.37. The highest BCUT2D eigenvalue weighted by molar-refractivity contribution is 5.81. The van der Waals surface area contributed by atoms with E-state index in [1.807, 2.05) is 32.0 Å². The van der Waals surface area contributed by atoms with Crippen LogP contribution in [-0.4, -0.2) is 22.2 Å². The molecule has 0 aliphatic carbocycles. The predicted molar refractivity (Wildman–Crippen MR) is 102 cm³/mol. The molecule has 1 N–H and O–H groups in total. The Hall–Kier alpha value is -3.36. The first-order valence-electron chi connectivity index (χ1n) is 9.23. The van der Waals surface area contributed by atoms with Crippen molar-refractivity contribution in [2.24, 2.45) is 5.92 Å². The summed E-state index contributed by atoms with van der Waals surface area (Å²) < 4.78 is 48.8. The summed E-state index contributed by atoms with van der Waals surface area (Å²) in [5.41, 5.74) is -0.392. The predicted octanol–water partition coefficient (Wildman–Crippen LogP) is 4.48. The van der Waals surface area contributed by atoms with Crippen molar-refractivity contribution < 1.29 is 27.2 Å². The summed E-state index contributed by atoms with van der Waals surface area (Å²) in [5.74, 6) is 0.404. The van der Waals surface area contributed by atoms with Gasteiger partial charge in [-0.15, -0.1) is 0 Å². The second-order valence-electron chi connectivity index (χ2n) is 6.90. The standard InChI is InChI=1S/C21H20F3N3O3/c1-13(2)18(29-16-6-4-3-5-7-16)20(28)25-12-17-26-19(27-30-17)14-8-10-15(11-9-14)21(22,23)24/h3-11,13,18H,12H2,1-2H3,(H,25,28). The lowest BCUT2D eigenvalue weighted by molar-refractivity contribution is -0.137. The van der Waals surface area contributed by atoms with Gasteiger partial charge in [0.05, 0.1) is 12.1 Å². The maximum absolute atomic E-state index is 12.7. The van der Waals surface area contributed by atoms with Crippen LogP contribution in [0.1, 0.15) is 25.3 Å². The number of ether oxygens (including phenoxy) is 1. The van der Waals surface area contributed by atoms with Gasteiger partial charge in [0.15, 0.2) is 6.10 Å². The summed E-state index contributed by atoms with van der Waals surface area (Å²) in [6.45, 7) is 3.69. The molecule has 3 rings (SSSR count). The molecule has 158 valence electrons. The van der Waals surface area contributed by atoms with E-state index >= 15 is 0 Å². The molecule has 0 bridgehead atoms. The largest absolute Gasteiger partial charge is 0.480 e. The van der Waals surface area contributed by atoms with Gasteiger partial charge >= 0.3 is 6.18 Å². The fraction of sp³-hybridized carbons (Fsp3) is 0.286. The van der Waals surface area contributed by atoms with Gasteiger partial charge in [0.2, 0.25) is 11.7 Å². The quantitative estimate of drug-likeness (QED) is 0.611. The lowest BCUT2D eigenvalue weighted by Crippen LogP contribution is -2.41. The van der Waals surface area contributed by atoms with Crippen molar-refractivity contribution in [2.45, 2.75) is 32.7 Å². The van der Waals surface area contributed by atoms with Crippen molar-refractivity contribution in [1.29, 1.82) is 0 Å². The number of aromatic nitrogens is 2. The molecular formula is C21H20F3N3O3. The number of benzene rings is 2. The third-order valence-corrected chi connectivity index (χ3v) is 4.22. The SMILES string of the molecule is CC(C)C(Oc1ccccc1)C(=O)NCc1nc(-c2ccc(C(F)(F)F)cc2)no1. The van der Waals surface area contributed by atoms with Gasteiger partial charge in [0, 0.05) is 5.56 Å². The summed E-state index contributed by atoms with van der Waals surface area (Å²) >= 11 is 0. The Morgan fingerprint density at radius 3 is 2.37 bits per heavy atom. The zero-order chi connectivity index (χ0) is 21.7. The van der Waals surface area contributed by atoms with Crippen LogP contribution in [0.15, 0.2) is 59.1 Å². The monoisotopic (exact) mass is 419 g/mol. The molecule has 1 heterocycles. The van der Waals surface area contributed by atoms with Crippen LogP contribution in [0.3, 0.4) is 0 Å². The third-order valence-electron chi connectivity index (χ3n) is 4.22. The van der Waals surface area contributed by atoms with E-state index < -0.39 is 17.8 Å². The van der Waals surface area contributed by atoms with Crippen LogP contribution in [0.5, 0.6) is 5.75 Å². The molecule has 0 aliphatic heterocycles. The lowest BCUT2D eigenvalue weighted by Gasteiger charge is -2.21. The first kappa shape index (κ1) is 21.4. The topological polar surface area (TPSA) is 77.2 Å². The molecular weight excluding hydrogens is 399 g/mol. The maximum atomic E-state index is 12.7. The number of nitrogens with one attached hydrogen (secondary N) is 1. The molecule has 9 heteroatoms. The average molecular weight is 419 g/mol. The molecule has 0 spiro atoms. The Bertz CT molecular complexity index is 970. The van der Waals surface area contributed by atoms with E-state index in [0.717, 1.165) is 12.1 Å². The molecule has 1 unspecified atom stereocenters. The van der Waals surface area contributed by atoms with Crippen LogP contribution in [-0.2, 0) is 17.5 Å². The van der Waals surface area contributed by atoms with Gasteiger partial charge in [-0.25, -0.2) is 0 Å². The van der Waals surface area contributed by atoms with Crippen molar-refractivity contribution in [3.05, 3.63) is 66.1 Å². The summed E-state index contributed by atoms with van der Waals surface area (Å²) in [6, 6.07) is 13.4. The number of hydrogen-bond donors (Lipinski definition) is 1. The average Bonchev–Trinajstić information content (AvgIpc) is 3.19. The summed E-state index contributed by atoms with van der Waals surface area (Å²) in [4.78, 5) is 16.7. The van der Waals surface area contributed by atoms with E-state index in [-0.39, 0.29) is 30.1 Å². The molecule has 0 fully saturated rings. The number of carbonyl (C=O) groups is 1. The number of alkyl halides is 3. The first-order valence-corrected chi connectivity index (χ1v) is 9.23. The fourth-order valence-electron chi connectivity index (χ4n) is 2.65. The first-order chi connectivity index (χ1) is 14.2. The van der Waals surface area contributed by atoms with Crippen LogP contribution in [0.2, 0.25) is 0 Å².